The second-order valence-corrected chi connectivity index (χ2v) is 4.34. The van der Waals surface area contributed by atoms with Crippen LogP contribution in [0, 0.1) is 0 Å². The standard InChI is InChI=1S/C12H8N10/c1-3-9(11-15-19-20-16-11)13-5-7(1)8-2-4-10(14-6-8)12-17-21-22-18-12/h1-6H,(H,15,16,19,20)(H,17,18,21,22). The van der Waals surface area contributed by atoms with Gasteiger partial charge in [-0.25, -0.2) is 0 Å². The molecule has 106 valence electrons. The predicted molar refractivity (Wildman–Crippen MR) is 73.8 cm³/mol. The molecule has 0 radical (unpaired) electrons. The molecule has 10 nitrogen and oxygen atoms in total. The molecule has 4 rings (SSSR count). The number of hydrogen-bond donors (Lipinski definition) is 2. The third-order valence-electron chi connectivity index (χ3n) is 3.01. The molecule has 22 heavy (non-hydrogen) atoms. The molecular weight excluding hydrogens is 284 g/mol. The van der Waals surface area contributed by atoms with Gasteiger partial charge in [0, 0.05) is 23.5 Å². The second kappa shape index (κ2) is 5.09. The van der Waals surface area contributed by atoms with E-state index in [1.54, 1.807) is 12.4 Å². The Bertz CT molecular complexity index is 774. The Kier molecular flexibility index (Phi) is 2.82. The molecule has 10 heteroatoms. The van der Waals surface area contributed by atoms with Crippen molar-refractivity contribution in [2.45, 2.75) is 0 Å². The van der Waals surface area contributed by atoms with E-state index in [1.807, 2.05) is 24.3 Å². The molecule has 0 fully saturated rings. The summed E-state index contributed by atoms with van der Waals surface area (Å²) in [6.45, 7) is 0. The van der Waals surface area contributed by atoms with E-state index in [0.29, 0.717) is 23.0 Å². The molecular formula is C12H8N10. The number of pyridine rings is 2. The van der Waals surface area contributed by atoms with Gasteiger partial charge in [-0.2, -0.15) is 10.4 Å². The summed E-state index contributed by atoms with van der Waals surface area (Å²) < 4.78 is 0. The highest BCUT2D eigenvalue weighted by atomic mass is 15.5. The van der Waals surface area contributed by atoms with E-state index >= 15 is 0 Å². The minimum Gasteiger partial charge on any atom is -0.252 e. The Labute approximate surface area is 123 Å². The molecule has 2 N–H and O–H groups in total. The number of aromatic nitrogens is 10. The molecule has 0 aliphatic rings. The lowest BCUT2D eigenvalue weighted by atomic mass is 10.1. The van der Waals surface area contributed by atoms with Gasteiger partial charge in [0.25, 0.3) is 0 Å². The number of tetrazole rings is 2. The normalized spacial score (nSPS) is 10.7. The number of hydrogen-bond acceptors (Lipinski definition) is 8. The van der Waals surface area contributed by atoms with Gasteiger partial charge >= 0.3 is 0 Å². The van der Waals surface area contributed by atoms with E-state index in [2.05, 4.69) is 51.2 Å². The second-order valence-electron chi connectivity index (χ2n) is 4.34. The molecule has 0 aromatic carbocycles. The summed E-state index contributed by atoms with van der Waals surface area (Å²) in [5, 5.41) is 27.3. The summed E-state index contributed by atoms with van der Waals surface area (Å²) in [7, 11) is 0. The van der Waals surface area contributed by atoms with Crippen LogP contribution in [0.4, 0.5) is 0 Å². The number of aromatic amines is 2. The first-order valence-electron chi connectivity index (χ1n) is 6.30. The molecule has 0 amide bonds. The van der Waals surface area contributed by atoms with Crippen LogP contribution in [0.5, 0.6) is 0 Å². The lowest BCUT2D eigenvalue weighted by Gasteiger charge is -2.02. The van der Waals surface area contributed by atoms with Crippen molar-refractivity contribution in [3.8, 4) is 34.2 Å². The van der Waals surface area contributed by atoms with Crippen molar-refractivity contribution in [2.75, 3.05) is 0 Å². The van der Waals surface area contributed by atoms with Crippen LogP contribution in [0.1, 0.15) is 0 Å². The minimum atomic E-state index is 0.456. The Hall–Kier alpha value is -3.56. The summed E-state index contributed by atoms with van der Waals surface area (Å²) in [4.78, 5) is 8.63. The third kappa shape index (κ3) is 2.18. The van der Waals surface area contributed by atoms with Crippen molar-refractivity contribution in [1.82, 2.24) is 51.2 Å². The van der Waals surface area contributed by atoms with Gasteiger partial charge in [0.1, 0.15) is 11.4 Å². The van der Waals surface area contributed by atoms with E-state index in [-0.39, 0.29) is 0 Å². The van der Waals surface area contributed by atoms with Gasteiger partial charge in [-0.15, -0.1) is 20.4 Å². The third-order valence-corrected chi connectivity index (χ3v) is 3.01. The van der Waals surface area contributed by atoms with Gasteiger partial charge in [-0.3, -0.25) is 9.97 Å². The number of rotatable bonds is 3. The molecule has 0 unspecified atom stereocenters. The SMILES string of the molecule is c1cc(-c2nn[nH]n2)ncc1-c1ccc(-c2nn[nH]n2)nc1. The van der Waals surface area contributed by atoms with Crippen LogP contribution in [-0.4, -0.2) is 51.2 Å². The van der Waals surface area contributed by atoms with Crippen LogP contribution < -0.4 is 0 Å². The quantitative estimate of drug-likeness (QED) is 0.557. The van der Waals surface area contributed by atoms with Crippen LogP contribution in [-0.2, 0) is 0 Å². The fourth-order valence-corrected chi connectivity index (χ4v) is 1.93. The summed E-state index contributed by atoms with van der Waals surface area (Å²) in [6.07, 6.45) is 3.47. The van der Waals surface area contributed by atoms with Gasteiger partial charge in [0.2, 0.25) is 11.6 Å². The molecule has 0 bridgehead atoms. The maximum absolute atomic E-state index is 4.32. The van der Waals surface area contributed by atoms with Crippen molar-refractivity contribution in [1.29, 1.82) is 0 Å². The zero-order chi connectivity index (χ0) is 14.8. The van der Waals surface area contributed by atoms with Crippen LogP contribution in [0.15, 0.2) is 36.7 Å². The molecule has 4 aromatic rings. The molecule has 0 aliphatic carbocycles. The summed E-state index contributed by atoms with van der Waals surface area (Å²) in [6, 6.07) is 7.49. The largest absolute Gasteiger partial charge is 0.252 e. The fourth-order valence-electron chi connectivity index (χ4n) is 1.93. The Morgan fingerprint density at radius 2 is 1.14 bits per heavy atom. The van der Waals surface area contributed by atoms with Crippen molar-refractivity contribution in [3.05, 3.63) is 36.7 Å². The van der Waals surface area contributed by atoms with Crippen LogP contribution in [0.25, 0.3) is 34.2 Å². The molecule has 0 aliphatic heterocycles. The smallest absolute Gasteiger partial charge is 0.222 e. The highest BCUT2D eigenvalue weighted by Crippen LogP contribution is 2.21. The van der Waals surface area contributed by atoms with E-state index in [0.717, 1.165) is 11.1 Å². The van der Waals surface area contributed by atoms with Crippen LogP contribution in [0.3, 0.4) is 0 Å². The summed E-state index contributed by atoms with van der Waals surface area (Å²) in [5.74, 6) is 0.911. The average molecular weight is 292 g/mol. The zero-order valence-electron chi connectivity index (χ0n) is 11.0. The van der Waals surface area contributed by atoms with E-state index in [1.165, 1.54) is 0 Å². The molecule has 4 heterocycles. The number of nitrogens with one attached hydrogen (secondary N) is 2. The monoisotopic (exact) mass is 292 g/mol. The topological polar surface area (TPSA) is 135 Å². The highest BCUT2D eigenvalue weighted by Gasteiger charge is 2.07. The molecule has 0 saturated heterocycles. The first-order valence-corrected chi connectivity index (χ1v) is 6.30. The first-order chi connectivity index (χ1) is 10.9. The van der Waals surface area contributed by atoms with Crippen molar-refractivity contribution in [3.63, 3.8) is 0 Å². The average Bonchev–Trinajstić information content (AvgIpc) is 3.29. The van der Waals surface area contributed by atoms with Gasteiger partial charge in [0.05, 0.1) is 0 Å². The van der Waals surface area contributed by atoms with Gasteiger partial charge in [-0.05, 0) is 22.6 Å². The molecule has 0 spiro atoms. The molecule has 0 atom stereocenters. The number of nitrogens with zero attached hydrogens (tertiary/aromatic N) is 8. The first kappa shape index (κ1) is 12.2. The van der Waals surface area contributed by atoms with Gasteiger partial charge in [-0.1, -0.05) is 12.1 Å². The van der Waals surface area contributed by atoms with Crippen molar-refractivity contribution < 1.29 is 0 Å². The maximum atomic E-state index is 4.32. The Morgan fingerprint density at radius 3 is 1.45 bits per heavy atom. The zero-order valence-corrected chi connectivity index (χ0v) is 11.0. The lowest BCUT2D eigenvalue weighted by molar-refractivity contribution is 0.881. The van der Waals surface area contributed by atoms with E-state index in [4.69, 9.17) is 0 Å². The molecule has 4 aromatic heterocycles. The van der Waals surface area contributed by atoms with Gasteiger partial charge in [0.15, 0.2) is 0 Å². The highest BCUT2D eigenvalue weighted by molar-refractivity contribution is 5.65. The summed E-state index contributed by atoms with van der Waals surface area (Å²) >= 11 is 0. The lowest BCUT2D eigenvalue weighted by Crippen LogP contribution is -1.89. The van der Waals surface area contributed by atoms with Crippen LogP contribution in [0.2, 0.25) is 0 Å². The minimum absolute atomic E-state index is 0.456. The van der Waals surface area contributed by atoms with Gasteiger partial charge < -0.3 is 0 Å². The maximum Gasteiger partial charge on any atom is 0.222 e. The number of H-pyrrole nitrogens is 2. The summed E-state index contributed by atoms with van der Waals surface area (Å²) in [5.41, 5.74) is 3.15. The van der Waals surface area contributed by atoms with Crippen molar-refractivity contribution in [2.24, 2.45) is 0 Å². The van der Waals surface area contributed by atoms with Crippen molar-refractivity contribution >= 4 is 0 Å². The fraction of sp³-hybridized carbons (Fsp3) is 0. The molecule has 0 saturated carbocycles. The van der Waals surface area contributed by atoms with E-state index < -0.39 is 0 Å². The van der Waals surface area contributed by atoms with Crippen LogP contribution >= 0.6 is 0 Å². The Balaban J connectivity index is 1.62. The van der Waals surface area contributed by atoms with E-state index in [9.17, 15) is 0 Å². The Morgan fingerprint density at radius 1 is 0.636 bits per heavy atom. The predicted octanol–water partition coefficient (Wildman–Crippen LogP) is 0.504.